The maximum Gasteiger partial charge on any atom is 0.264 e. The molecule has 1 saturated heterocycles. The van der Waals surface area contributed by atoms with Gasteiger partial charge in [-0.05, 0) is 36.8 Å². The Kier molecular flexibility index (Phi) is 7.71. The van der Waals surface area contributed by atoms with Crippen LogP contribution in [0, 0.1) is 6.92 Å². The van der Waals surface area contributed by atoms with Crippen LogP contribution in [0.1, 0.15) is 5.56 Å². The van der Waals surface area contributed by atoms with Gasteiger partial charge in [-0.3, -0.25) is 14.0 Å². The number of nitrogens with one attached hydrogen (secondary N) is 1. The van der Waals surface area contributed by atoms with Gasteiger partial charge in [-0.15, -0.1) is 0 Å². The summed E-state index contributed by atoms with van der Waals surface area (Å²) in [5, 5.41) is 3.26. The molecule has 1 heterocycles. The van der Waals surface area contributed by atoms with E-state index in [0.717, 1.165) is 23.0 Å². The van der Waals surface area contributed by atoms with Gasteiger partial charge in [0.1, 0.15) is 6.54 Å². The van der Waals surface area contributed by atoms with Gasteiger partial charge in [0.15, 0.2) is 0 Å². The van der Waals surface area contributed by atoms with Gasteiger partial charge in [0.05, 0.1) is 23.8 Å². The molecule has 30 heavy (non-hydrogen) atoms. The molecule has 0 aromatic heterocycles. The highest BCUT2D eigenvalue weighted by atomic mass is 35.5. The number of aryl methyl sites for hydroxylation is 1. The zero-order valence-corrected chi connectivity index (χ0v) is 18.5. The fourth-order valence-corrected chi connectivity index (χ4v) is 4.74. The van der Waals surface area contributed by atoms with Crippen LogP contribution in [-0.4, -0.2) is 65.2 Å². The van der Waals surface area contributed by atoms with E-state index in [9.17, 15) is 13.2 Å². The van der Waals surface area contributed by atoms with Gasteiger partial charge in [0, 0.05) is 31.2 Å². The van der Waals surface area contributed by atoms with E-state index >= 15 is 0 Å². The van der Waals surface area contributed by atoms with E-state index in [2.05, 4.69) is 10.2 Å². The van der Waals surface area contributed by atoms with E-state index in [1.165, 1.54) is 12.1 Å². The number of hydrogen-bond acceptors (Lipinski definition) is 5. The van der Waals surface area contributed by atoms with E-state index in [1.54, 1.807) is 36.4 Å². The maximum atomic E-state index is 13.3. The molecule has 1 aliphatic heterocycles. The average molecular weight is 452 g/mol. The normalized spacial score (nSPS) is 15.0. The minimum Gasteiger partial charge on any atom is -0.379 e. The second-order valence-electron chi connectivity index (χ2n) is 7.06. The van der Waals surface area contributed by atoms with Crippen molar-refractivity contribution < 1.29 is 17.9 Å². The summed E-state index contributed by atoms with van der Waals surface area (Å²) in [4.78, 5) is 14.9. The molecular formula is C21H26ClN3O4S. The summed E-state index contributed by atoms with van der Waals surface area (Å²) in [6.45, 7) is 5.65. The monoisotopic (exact) mass is 451 g/mol. The number of benzene rings is 2. The van der Waals surface area contributed by atoms with Crippen LogP contribution >= 0.6 is 11.6 Å². The quantitative estimate of drug-likeness (QED) is 0.666. The zero-order chi connectivity index (χ0) is 21.6. The molecule has 0 saturated carbocycles. The molecule has 0 atom stereocenters. The smallest absolute Gasteiger partial charge is 0.264 e. The number of ether oxygens (including phenoxy) is 1. The van der Waals surface area contributed by atoms with Crippen LogP contribution < -0.4 is 9.62 Å². The Balaban J connectivity index is 1.75. The van der Waals surface area contributed by atoms with Gasteiger partial charge in [-0.2, -0.15) is 0 Å². The molecule has 0 radical (unpaired) electrons. The lowest BCUT2D eigenvalue weighted by Crippen LogP contribution is -2.44. The van der Waals surface area contributed by atoms with Crippen molar-refractivity contribution in [2.75, 3.05) is 50.2 Å². The van der Waals surface area contributed by atoms with Crippen molar-refractivity contribution in [2.24, 2.45) is 0 Å². The first-order valence-corrected chi connectivity index (χ1v) is 11.6. The highest BCUT2D eigenvalue weighted by molar-refractivity contribution is 7.92. The summed E-state index contributed by atoms with van der Waals surface area (Å²) in [6, 6.07) is 13.0. The van der Waals surface area contributed by atoms with Gasteiger partial charge >= 0.3 is 0 Å². The summed E-state index contributed by atoms with van der Waals surface area (Å²) < 4.78 is 32.9. The summed E-state index contributed by atoms with van der Waals surface area (Å²) >= 11 is 6.22. The number of rotatable bonds is 8. The molecule has 7 nitrogen and oxygen atoms in total. The number of anilines is 1. The number of hydrogen-bond donors (Lipinski definition) is 1. The second-order valence-corrected chi connectivity index (χ2v) is 9.33. The standard InChI is InChI=1S/C21H26ClN3O4S/c1-17-7-8-18(15-20(17)22)25(30(27,28)19-5-3-2-4-6-19)16-21(26)23-9-10-24-11-13-29-14-12-24/h2-8,15H,9-14,16H2,1H3,(H,23,26). The van der Waals surface area contributed by atoms with Crippen LogP contribution in [0.3, 0.4) is 0 Å². The van der Waals surface area contributed by atoms with Gasteiger partial charge < -0.3 is 10.1 Å². The number of nitrogens with zero attached hydrogens (tertiary/aromatic N) is 2. The van der Waals surface area contributed by atoms with Crippen molar-refractivity contribution in [3.05, 3.63) is 59.1 Å². The first-order chi connectivity index (χ1) is 14.4. The van der Waals surface area contributed by atoms with Gasteiger partial charge in [0.2, 0.25) is 5.91 Å². The summed E-state index contributed by atoms with van der Waals surface area (Å²) in [5.74, 6) is -0.375. The fraction of sp³-hybridized carbons (Fsp3) is 0.381. The van der Waals surface area contributed by atoms with Crippen molar-refractivity contribution in [3.63, 3.8) is 0 Å². The second kappa shape index (κ2) is 10.3. The molecule has 162 valence electrons. The van der Waals surface area contributed by atoms with Crippen LogP contribution in [-0.2, 0) is 19.6 Å². The Morgan fingerprint density at radius 2 is 1.87 bits per heavy atom. The van der Waals surface area contributed by atoms with E-state index in [1.807, 2.05) is 6.92 Å². The molecule has 1 N–H and O–H groups in total. The summed E-state index contributed by atoms with van der Waals surface area (Å²) in [6.07, 6.45) is 0. The molecule has 1 amide bonds. The van der Waals surface area contributed by atoms with Crippen molar-refractivity contribution >= 4 is 33.2 Å². The topological polar surface area (TPSA) is 79.0 Å². The maximum absolute atomic E-state index is 13.3. The first kappa shape index (κ1) is 22.6. The lowest BCUT2D eigenvalue weighted by atomic mass is 10.2. The lowest BCUT2D eigenvalue weighted by molar-refractivity contribution is -0.119. The Labute approximate surface area is 182 Å². The van der Waals surface area contributed by atoms with Crippen LogP contribution in [0.4, 0.5) is 5.69 Å². The highest BCUT2D eigenvalue weighted by Crippen LogP contribution is 2.27. The number of amides is 1. The van der Waals surface area contributed by atoms with E-state index in [4.69, 9.17) is 16.3 Å². The van der Waals surface area contributed by atoms with E-state index in [0.29, 0.717) is 37.0 Å². The number of carbonyl (C=O) groups excluding carboxylic acids is 1. The first-order valence-electron chi connectivity index (χ1n) is 9.78. The predicted octanol–water partition coefficient (Wildman–Crippen LogP) is 2.29. The van der Waals surface area contributed by atoms with Crippen LogP contribution in [0.2, 0.25) is 5.02 Å². The van der Waals surface area contributed by atoms with Gasteiger partial charge in [-0.1, -0.05) is 35.9 Å². The number of sulfonamides is 1. The van der Waals surface area contributed by atoms with E-state index in [-0.39, 0.29) is 17.3 Å². The molecular weight excluding hydrogens is 426 g/mol. The summed E-state index contributed by atoms with van der Waals surface area (Å²) in [5.41, 5.74) is 1.17. The number of halogens is 1. The fourth-order valence-electron chi connectivity index (χ4n) is 3.14. The molecule has 0 spiro atoms. The largest absolute Gasteiger partial charge is 0.379 e. The van der Waals surface area contributed by atoms with Crippen LogP contribution in [0.5, 0.6) is 0 Å². The van der Waals surface area contributed by atoms with Crippen molar-refractivity contribution in [1.29, 1.82) is 0 Å². The number of morpholine rings is 1. The highest BCUT2D eigenvalue weighted by Gasteiger charge is 2.27. The van der Waals surface area contributed by atoms with Crippen molar-refractivity contribution in [2.45, 2.75) is 11.8 Å². The minimum atomic E-state index is -3.94. The minimum absolute atomic E-state index is 0.114. The Morgan fingerprint density at radius 1 is 1.17 bits per heavy atom. The zero-order valence-electron chi connectivity index (χ0n) is 16.9. The van der Waals surface area contributed by atoms with Crippen molar-refractivity contribution in [1.82, 2.24) is 10.2 Å². The Hall–Kier alpha value is -2.13. The van der Waals surface area contributed by atoms with Crippen LogP contribution in [0.25, 0.3) is 0 Å². The molecule has 9 heteroatoms. The van der Waals surface area contributed by atoms with E-state index < -0.39 is 10.0 Å². The molecule has 0 aliphatic carbocycles. The third-order valence-corrected chi connectivity index (χ3v) is 7.11. The molecule has 1 fully saturated rings. The lowest BCUT2D eigenvalue weighted by Gasteiger charge is -2.27. The molecule has 1 aliphatic rings. The molecule has 2 aromatic carbocycles. The molecule has 2 aromatic rings. The molecule has 0 bridgehead atoms. The molecule has 3 rings (SSSR count). The molecule has 0 unspecified atom stereocenters. The third-order valence-electron chi connectivity index (χ3n) is 4.92. The van der Waals surface area contributed by atoms with Crippen LogP contribution in [0.15, 0.2) is 53.4 Å². The average Bonchev–Trinajstić information content (AvgIpc) is 2.75. The van der Waals surface area contributed by atoms with Gasteiger partial charge in [-0.25, -0.2) is 8.42 Å². The Bertz CT molecular complexity index is 963. The predicted molar refractivity (Wildman–Crippen MR) is 117 cm³/mol. The Morgan fingerprint density at radius 3 is 2.53 bits per heavy atom. The number of carbonyl (C=O) groups is 1. The SMILES string of the molecule is Cc1ccc(N(CC(=O)NCCN2CCOCC2)S(=O)(=O)c2ccccc2)cc1Cl. The van der Waals surface area contributed by atoms with Gasteiger partial charge in [0.25, 0.3) is 10.0 Å². The van der Waals surface area contributed by atoms with Crippen molar-refractivity contribution in [3.8, 4) is 0 Å². The summed E-state index contributed by atoms with van der Waals surface area (Å²) in [7, 11) is -3.94. The third kappa shape index (κ3) is 5.72.